The van der Waals surface area contributed by atoms with Crippen molar-refractivity contribution in [3.63, 3.8) is 0 Å². The zero-order chi connectivity index (χ0) is 19.1. The largest absolute Gasteiger partial charge is 0.465 e. The van der Waals surface area contributed by atoms with Crippen LogP contribution < -0.4 is 10.6 Å². The van der Waals surface area contributed by atoms with Gasteiger partial charge in [-0.15, -0.1) is 0 Å². The molecule has 0 saturated heterocycles. The summed E-state index contributed by atoms with van der Waals surface area (Å²) >= 11 is 0. The molecular formula is C20H22N2O4. The molecule has 26 heavy (non-hydrogen) atoms. The summed E-state index contributed by atoms with van der Waals surface area (Å²) in [5.74, 6) is -0.987. The predicted octanol–water partition coefficient (Wildman–Crippen LogP) is 2.14. The summed E-state index contributed by atoms with van der Waals surface area (Å²) in [6.45, 7) is 4.11. The number of nitrogens with one attached hydrogen (secondary N) is 2. The van der Waals surface area contributed by atoms with Crippen molar-refractivity contribution < 1.29 is 19.1 Å². The molecule has 136 valence electrons. The fourth-order valence-electron chi connectivity index (χ4n) is 2.28. The third-order valence-electron chi connectivity index (χ3n) is 4.04. The van der Waals surface area contributed by atoms with Crippen molar-refractivity contribution in [1.29, 1.82) is 0 Å². The average Bonchev–Trinajstić information content (AvgIpc) is 2.66. The monoisotopic (exact) mass is 354 g/mol. The standard InChI is InChI=1S/C20H22N2O4/c1-13-4-7-17(10-14(13)2)19(24)22-12-18(23)21-11-15-5-8-16(9-6-15)20(25)26-3/h4-10H,11-12H2,1-3H3,(H,21,23)(H,22,24). The molecule has 2 aromatic rings. The summed E-state index contributed by atoms with van der Waals surface area (Å²) in [6, 6.07) is 12.1. The number of carbonyl (C=O) groups is 3. The highest BCUT2D eigenvalue weighted by Gasteiger charge is 2.09. The Morgan fingerprint density at radius 1 is 0.885 bits per heavy atom. The van der Waals surface area contributed by atoms with Crippen molar-refractivity contribution in [3.8, 4) is 0 Å². The van der Waals surface area contributed by atoms with E-state index >= 15 is 0 Å². The minimum Gasteiger partial charge on any atom is -0.465 e. The van der Waals surface area contributed by atoms with Gasteiger partial charge < -0.3 is 15.4 Å². The van der Waals surface area contributed by atoms with Crippen molar-refractivity contribution in [2.24, 2.45) is 0 Å². The molecule has 2 amide bonds. The van der Waals surface area contributed by atoms with E-state index < -0.39 is 5.97 Å². The Balaban J connectivity index is 1.80. The summed E-state index contributed by atoms with van der Waals surface area (Å²) in [6.07, 6.45) is 0. The molecule has 0 unspecified atom stereocenters. The van der Waals surface area contributed by atoms with E-state index in [-0.39, 0.29) is 18.4 Å². The molecule has 6 nitrogen and oxygen atoms in total. The molecule has 6 heteroatoms. The number of aryl methyl sites for hydroxylation is 2. The Labute approximate surface area is 152 Å². The molecule has 0 heterocycles. The van der Waals surface area contributed by atoms with Crippen molar-refractivity contribution in [2.75, 3.05) is 13.7 Å². The number of benzene rings is 2. The number of rotatable bonds is 6. The van der Waals surface area contributed by atoms with Gasteiger partial charge in [0.2, 0.25) is 5.91 Å². The van der Waals surface area contributed by atoms with Crippen LogP contribution in [-0.2, 0) is 16.1 Å². The molecular weight excluding hydrogens is 332 g/mol. The molecule has 0 fully saturated rings. The molecule has 0 aliphatic carbocycles. The van der Waals surface area contributed by atoms with Gasteiger partial charge in [-0.25, -0.2) is 4.79 Å². The van der Waals surface area contributed by atoms with Gasteiger partial charge >= 0.3 is 5.97 Å². The Hall–Kier alpha value is -3.15. The zero-order valence-corrected chi connectivity index (χ0v) is 15.1. The lowest BCUT2D eigenvalue weighted by molar-refractivity contribution is -0.120. The lowest BCUT2D eigenvalue weighted by Gasteiger charge is -2.09. The van der Waals surface area contributed by atoms with Gasteiger partial charge in [0, 0.05) is 12.1 Å². The summed E-state index contributed by atoms with van der Waals surface area (Å²) in [7, 11) is 1.32. The average molecular weight is 354 g/mol. The first-order valence-electron chi connectivity index (χ1n) is 8.20. The molecule has 0 radical (unpaired) electrons. The lowest BCUT2D eigenvalue weighted by Crippen LogP contribution is -2.36. The Bertz CT molecular complexity index is 813. The molecule has 2 aromatic carbocycles. The maximum atomic E-state index is 12.1. The zero-order valence-electron chi connectivity index (χ0n) is 15.1. The summed E-state index contributed by atoms with van der Waals surface area (Å²) < 4.78 is 4.63. The van der Waals surface area contributed by atoms with E-state index in [9.17, 15) is 14.4 Å². The Morgan fingerprint density at radius 2 is 1.54 bits per heavy atom. The first kappa shape index (κ1) is 19.2. The minimum absolute atomic E-state index is 0.105. The summed E-state index contributed by atoms with van der Waals surface area (Å²) in [4.78, 5) is 35.3. The van der Waals surface area contributed by atoms with Crippen molar-refractivity contribution in [1.82, 2.24) is 10.6 Å². The van der Waals surface area contributed by atoms with E-state index in [1.807, 2.05) is 19.9 Å². The summed E-state index contributed by atoms with van der Waals surface area (Å²) in [5, 5.41) is 5.32. The van der Waals surface area contributed by atoms with Crippen LogP contribution in [-0.4, -0.2) is 31.4 Å². The molecule has 0 atom stereocenters. The third-order valence-corrected chi connectivity index (χ3v) is 4.04. The maximum Gasteiger partial charge on any atom is 0.337 e. The van der Waals surface area contributed by atoms with Gasteiger partial charge in [0.1, 0.15) is 0 Å². The smallest absolute Gasteiger partial charge is 0.337 e. The van der Waals surface area contributed by atoms with Gasteiger partial charge in [-0.2, -0.15) is 0 Å². The Morgan fingerprint density at radius 3 is 2.15 bits per heavy atom. The van der Waals surface area contributed by atoms with E-state index in [4.69, 9.17) is 0 Å². The topological polar surface area (TPSA) is 84.5 Å². The van der Waals surface area contributed by atoms with Gasteiger partial charge in [0.05, 0.1) is 19.2 Å². The molecule has 0 aliphatic rings. The molecule has 0 spiro atoms. The molecule has 0 bridgehead atoms. The quantitative estimate of drug-likeness (QED) is 0.779. The van der Waals surface area contributed by atoms with Crippen LogP contribution in [0.2, 0.25) is 0 Å². The van der Waals surface area contributed by atoms with Gasteiger partial charge in [-0.1, -0.05) is 18.2 Å². The van der Waals surface area contributed by atoms with Crippen LogP contribution in [0.25, 0.3) is 0 Å². The number of methoxy groups -OCH3 is 1. The van der Waals surface area contributed by atoms with Gasteiger partial charge in [0.15, 0.2) is 0 Å². The maximum absolute atomic E-state index is 12.1. The van der Waals surface area contributed by atoms with Crippen molar-refractivity contribution in [3.05, 3.63) is 70.3 Å². The van der Waals surface area contributed by atoms with E-state index in [0.717, 1.165) is 16.7 Å². The lowest BCUT2D eigenvalue weighted by atomic mass is 10.1. The first-order chi connectivity index (χ1) is 12.4. The van der Waals surface area contributed by atoms with E-state index in [1.54, 1.807) is 36.4 Å². The molecule has 2 N–H and O–H groups in total. The summed E-state index contributed by atoms with van der Waals surface area (Å²) in [5.41, 5.74) is 3.95. The van der Waals surface area contributed by atoms with Gasteiger partial charge in [-0.05, 0) is 54.8 Å². The van der Waals surface area contributed by atoms with E-state index in [0.29, 0.717) is 17.7 Å². The van der Waals surface area contributed by atoms with Gasteiger partial charge in [0.25, 0.3) is 5.91 Å². The highest BCUT2D eigenvalue weighted by atomic mass is 16.5. The van der Waals surface area contributed by atoms with Crippen LogP contribution in [0.3, 0.4) is 0 Å². The van der Waals surface area contributed by atoms with Crippen molar-refractivity contribution >= 4 is 17.8 Å². The first-order valence-corrected chi connectivity index (χ1v) is 8.20. The second-order valence-corrected chi connectivity index (χ2v) is 5.95. The Kier molecular flexibility index (Phi) is 6.49. The molecule has 0 aromatic heterocycles. The fourth-order valence-corrected chi connectivity index (χ4v) is 2.28. The SMILES string of the molecule is COC(=O)c1ccc(CNC(=O)CNC(=O)c2ccc(C)c(C)c2)cc1. The minimum atomic E-state index is -0.408. The number of esters is 1. The molecule has 2 rings (SSSR count). The fraction of sp³-hybridized carbons (Fsp3) is 0.250. The van der Waals surface area contributed by atoms with Crippen LogP contribution >= 0.6 is 0 Å². The van der Waals surface area contributed by atoms with E-state index in [2.05, 4.69) is 15.4 Å². The third kappa shape index (κ3) is 5.17. The van der Waals surface area contributed by atoms with Crippen molar-refractivity contribution in [2.45, 2.75) is 20.4 Å². The van der Waals surface area contributed by atoms with Crippen LogP contribution in [0, 0.1) is 13.8 Å². The highest BCUT2D eigenvalue weighted by Crippen LogP contribution is 2.09. The number of carbonyl (C=O) groups excluding carboxylic acids is 3. The number of hydrogen-bond donors (Lipinski definition) is 2. The second-order valence-electron chi connectivity index (χ2n) is 5.95. The number of hydrogen-bond acceptors (Lipinski definition) is 4. The normalized spacial score (nSPS) is 10.1. The van der Waals surface area contributed by atoms with Crippen LogP contribution in [0.5, 0.6) is 0 Å². The predicted molar refractivity (Wildman–Crippen MR) is 97.9 cm³/mol. The second kappa shape index (κ2) is 8.80. The van der Waals surface area contributed by atoms with E-state index in [1.165, 1.54) is 7.11 Å². The van der Waals surface area contributed by atoms with Crippen LogP contribution in [0.4, 0.5) is 0 Å². The molecule has 0 aliphatic heterocycles. The number of ether oxygens (including phenoxy) is 1. The van der Waals surface area contributed by atoms with Crippen LogP contribution in [0.15, 0.2) is 42.5 Å². The van der Waals surface area contributed by atoms with Crippen LogP contribution in [0.1, 0.15) is 37.4 Å². The van der Waals surface area contributed by atoms with Gasteiger partial charge in [-0.3, -0.25) is 9.59 Å². The number of amides is 2. The molecule has 0 saturated carbocycles. The highest BCUT2D eigenvalue weighted by molar-refractivity contribution is 5.96.